The summed E-state index contributed by atoms with van der Waals surface area (Å²) in [5.74, 6) is 1.17. The van der Waals surface area contributed by atoms with Crippen LogP contribution in [-0.4, -0.2) is 55.2 Å². The number of halogens is 2. The van der Waals surface area contributed by atoms with Crippen molar-refractivity contribution < 1.29 is 4.74 Å². The Morgan fingerprint density at radius 2 is 1.96 bits per heavy atom. The van der Waals surface area contributed by atoms with E-state index in [4.69, 9.17) is 27.9 Å². The highest BCUT2D eigenvalue weighted by molar-refractivity contribution is 6.33. The maximum atomic E-state index is 6.13. The first-order valence-electron chi connectivity index (χ1n) is 8.52. The van der Waals surface area contributed by atoms with Gasteiger partial charge in [0.05, 0.1) is 19.0 Å². The van der Waals surface area contributed by atoms with Crippen molar-refractivity contribution in [2.75, 3.05) is 44.5 Å². The van der Waals surface area contributed by atoms with Crippen LogP contribution in [0, 0.1) is 0 Å². The van der Waals surface area contributed by atoms with Crippen molar-refractivity contribution in [3.63, 3.8) is 0 Å². The van der Waals surface area contributed by atoms with Gasteiger partial charge in [-0.25, -0.2) is 4.98 Å². The molecule has 6 nitrogen and oxygen atoms in total. The van der Waals surface area contributed by atoms with Gasteiger partial charge in [-0.3, -0.25) is 0 Å². The Kier molecular flexibility index (Phi) is 6.06. The first kappa shape index (κ1) is 19.0. The van der Waals surface area contributed by atoms with E-state index in [1.807, 2.05) is 12.1 Å². The van der Waals surface area contributed by atoms with E-state index in [1.165, 1.54) is 6.20 Å². The number of ether oxygens (including phenoxy) is 1. The summed E-state index contributed by atoms with van der Waals surface area (Å²) in [5, 5.41) is 3.70. The van der Waals surface area contributed by atoms with Crippen LogP contribution in [0.15, 0.2) is 24.4 Å². The minimum Gasteiger partial charge on any atom is -0.494 e. The number of hydrogen-bond donors (Lipinski definition) is 1. The van der Waals surface area contributed by atoms with Gasteiger partial charge >= 0.3 is 0 Å². The molecule has 0 atom stereocenters. The third kappa shape index (κ3) is 4.31. The van der Waals surface area contributed by atoms with Crippen molar-refractivity contribution in [2.24, 2.45) is 0 Å². The topological polar surface area (TPSA) is 53.5 Å². The second-order valence-corrected chi connectivity index (χ2v) is 7.27. The Labute approximate surface area is 164 Å². The molecule has 0 saturated carbocycles. The minimum atomic E-state index is 0.135. The summed E-state index contributed by atoms with van der Waals surface area (Å²) in [6.07, 6.45) is 3.78. The lowest BCUT2D eigenvalue weighted by molar-refractivity contribution is 0.249. The van der Waals surface area contributed by atoms with Gasteiger partial charge in [-0.15, -0.1) is 0 Å². The second kappa shape index (κ2) is 8.29. The molecule has 0 radical (unpaired) electrons. The van der Waals surface area contributed by atoms with E-state index >= 15 is 0 Å². The van der Waals surface area contributed by atoms with Crippen LogP contribution >= 0.6 is 23.2 Å². The number of rotatable bonds is 5. The second-order valence-electron chi connectivity index (χ2n) is 6.53. The van der Waals surface area contributed by atoms with Crippen LogP contribution in [0.25, 0.3) is 0 Å². The SMILES string of the molecule is COc1cc(N2CCC(N(C)C)CC2)ccc1Nc1nc(Cl)ncc1Cl. The van der Waals surface area contributed by atoms with Gasteiger partial charge in [0.1, 0.15) is 10.8 Å². The Morgan fingerprint density at radius 3 is 2.62 bits per heavy atom. The quantitative estimate of drug-likeness (QED) is 0.770. The molecule has 0 unspecified atom stereocenters. The van der Waals surface area contributed by atoms with Crippen LogP contribution in [0.3, 0.4) is 0 Å². The lowest BCUT2D eigenvalue weighted by Crippen LogP contribution is -2.41. The molecule has 0 bridgehead atoms. The zero-order valence-corrected chi connectivity index (χ0v) is 16.7. The molecule has 1 aliphatic rings. The third-order valence-corrected chi connectivity index (χ3v) is 5.17. The summed E-state index contributed by atoms with van der Waals surface area (Å²) in [4.78, 5) is 12.7. The normalized spacial score (nSPS) is 15.4. The summed E-state index contributed by atoms with van der Waals surface area (Å²) < 4.78 is 5.56. The van der Waals surface area contributed by atoms with E-state index in [9.17, 15) is 0 Å². The van der Waals surface area contributed by atoms with Gasteiger partial charge in [0.15, 0.2) is 5.82 Å². The smallest absolute Gasteiger partial charge is 0.224 e. The van der Waals surface area contributed by atoms with E-state index in [-0.39, 0.29) is 5.28 Å². The van der Waals surface area contributed by atoms with Crippen molar-refractivity contribution in [1.29, 1.82) is 0 Å². The average molecular weight is 396 g/mol. The molecule has 2 heterocycles. The van der Waals surface area contributed by atoms with Crippen LogP contribution in [-0.2, 0) is 0 Å². The van der Waals surface area contributed by atoms with Crippen LogP contribution in [0.4, 0.5) is 17.2 Å². The van der Waals surface area contributed by atoms with E-state index in [1.54, 1.807) is 7.11 Å². The molecule has 1 saturated heterocycles. The number of methoxy groups -OCH3 is 1. The highest BCUT2D eigenvalue weighted by atomic mass is 35.5. The number of aromatic nitrogens is 2. The minimum absolute atomic E-state index is 0.135. The molecule has 140 valence electrons. The fourth-order valence-electron chi connectivity index (χ4n) is 3.18. The highest BCUT2D eigenvalue weighted by Gasteiger charge is 2.21. The largest absolute Gasteiger partial charge is 0.494 e. The van der Waals surface area contributed by atoms with Crippen molar-refractivity contribution in [3.8, 4) is 5.75 Å². The summed E-state index contributed by atoms with van der Waals surface area (Å²) in [7, 11) is 5.94. The molecule has 0 aliphatic carbocycles. The lowest BCUT2D eigenvalue weighted by Gasteiger charge is -2.36. The number of anilines is 3. The number of piperidine rings is 1. The van der Waals surface area contributed by atoms with Crippen LogP contribution in [0.5, 0.6) is 5.75 Å². The number of nitrogens with zero attached hydrogens (tertiary/aromatic N) is 4. The van der Waals surface area contributed by atoms with Crippen molar-refractivity contribution in [3.05, 3.63) is 34.7 Å². The highest BCUT2D eigenvalue weighted by Crippen LogP contribution is 2.34. The van der Waals surface area contributed by atoms with Gasteiger partial charge in [-0.1, -0.05) is 11.6 Å². The Balaban J connectivity index is 1.77. The Bertz CT molecular complexity index is 763. The molecule has 1 aliphatic heterocycles. The molecule has 1 aromatic heterocycles. The van der Waals surface area contributed by atoms with Gasteiger partial charge in [0.25, 0.3) is 0 Å². The first-order chi connectivity index (χ1) is 12.5. The van der Waals surface area contributed by atoms with Crippen molar-refractivity contribution in [1.82, 2.24) is 14.9 Å². The number of benzene rings is 1. The predicted octanol–water partition coefficient (Wildman–Crippen LogP) is 4.07. The molecule has 26 heavy (non-hydrogen) atoms. The number of hydrogen-bond acceptors (Lipinski definition) is 6. The van der Waals surface area contributed by atoms with E-state index in [0.717, 1.165) is 43.1 Å². The van der Waals surface area contributed by atoms with Crippen LogP contribution in [0.1, 0.15) is 12.8 Å². The third-order valence-electron chi connectivity index (χ3n) is 4.71. The van der Waals surface area contributed by atoms with Gasteiger partial charge in [-0.2, -0.15) is 4.98 Å². The molecule has 1 aromatic carbocycles. The van der Waals surface area contributed by atoms with Gasteiger partial charge < -0.3 is 19.9 Å². The molecular formula is C18H23Cl2N5O. The van der Waals surface area contributed by atoms with E-state index < -0.39 is 0 Å². The molecular weight excluding hydrogens is 373 g/mol. The van der Waals surface area contributed by atoms with Crippen LogP contribution < -0.4 is 15.0 Å². The molecule has 1 fully saturated rings. The van der Waals surface area contributed by atoms with E-state index in [0.29, 0.717) is 16.9 Å². The zero-order chi connectivity index (χ0) is 18.7. The Hall–Kier alpha value is -1.76. The van der Waals surface area contributed by atoms with Crippen molar-refractivity contribution >= 4 is 40.4 Å². The fourth-order valence-corrected chi connectivity index (χ4v) is 3.45. The summed E-state index contributed by atoms with van der Waals surface area (Å²) in [6, 6.07) is 6.74. The maximum Gasteiger partial charge on any atom is 0.224 e. The average Bonchev–Trinajstić information content (AvgIpc) is 2.65. The molecule has 0 amide bonds. The fraction of sp³-hybridized carbons (Fsp3) is 0.444. The van der Waals surface area contributed by atoms with Crippen molar-refractivity contribution in [2.45, 2.75) is 18.9 Å². The van der Waals surface area contributed by atoms with Gasteiger partial charge in [-0.05, 0) is 50.7 Å². The van der Waals surface area contributed by atoms with Gasteiger partial charge in [0, 0.05) is 30.9 Å². The number of nitrogens with one attached hydrogen (secondary N) is 1. The molecule has 8 heteroatoms. The summed E-state index contributed by atoms with van der Waals surface area (Å²) >= 11 is 12.0. The Morgan fingerprint density at radius 1 is 1.23 bits per heavy atom. The van der Waals surface area contributed by atoms with E-state index in [2.05, 4.69) is 45.2 Å². The monoisotopic (exact) mass is 395 g/mol. The molecule has 3 rings (SSSR count). The molecule has 2 aromatic rings. The predicted molar refractivity (Wildman–Crippen MR) is 107 cm³/mol. The molecule has 0 spiro atoms. The molecule has 1 N–H and O–H groups in total. The van der Waals surface area contributed by atoms with Gasteiger partial charge in [0.2, 0.25) is 5.28 Å². The summed E-state index contributed by atoms with van der Waals surface area (Å²) in [6.45, 7) is 2.07. The van der Waals surface area contributed by atoms with Crippen LogP contribution in [0.2, 0.25) is 10.3 Å². The zero-order valence-electron chi connectivity index (χ0n) is 15.2. The maximum absolute atomic E-state index is 6.13. The first-order valence-corrected chi connectivity index (χ1v) is 9.28. The standard InChI is InChI=1S/C18H23Cl2N5O/c1-24(2)12-6-8-25(9-7-12)13-4-5-15(16(10-13)26-3)22-17-14(19)11-21-18(20)23-17/h4-5,10-12H,6-9H2,1-3H3,(H,21,22,23). The lowest BCUT2D eigenvalue weighted by atomic mass is 10.0. The summed E-state index contributed by atoms with van der Waals surface area (Å²) in [5.41, 5.74) is 1.92.